The number of fused-ring (bicyclic) bond motifs is 1. The Bertz CT molecular complexity index is 1680. The normalized spacial score (nSPS) is 14.3. The van der Waals surface area contributed by atoms with Gasteiger partial charge in [0.25, 0.3) is 0 Å². The van der Waals surface area contributed by atoms with Crippen LogP contribution in [0.5, 0.6) is 5.75 Å². The molecule has 1 N–H and O–H groups in total. The van der Waals surface area contributed by atoms with E-state index < -0.39 is 5.92 Å². The van der Waals surface area contributed by atoms with Crippen LogP contribution in [0.3, 0.4) is 0 Å². The molecule has 1 aliphatic rings. The van der Waals surface area contributed by atoms with E-state index in [1.54, 1.807) is 30.6 Å². The van der Waals surface area contributed by atoms with Gasteiger partial charge in [-0.25, -0.2) is 9.97 Å². The van der Waals surface area contributed by atoms with Gasteiger partial charge in [-0.15, -0.1) is 10.2 Å². The van der Waals surface area contributed by atoms with Crippen molar-refractivity contribution >= 4 is 22.8 Å². The van der Waals surface area contributed by atoms with Crippen LogP contribution in [0.25, 0.3) is 33.4 Å². The summed E-state index contributed by atoms with van der Waals surface area (Å²) in [4.78, 5) is 23.4. The van der Waals surface area contributed by atoms with E-state index >= 15 is 0 Å². The van der Waals surface area contributed by atoms with Crippen LogP contribution in [0.2, 0.25) is 0 Å². The van der Waals surface area contributed by atoms with E-state index in [0.29, 0.717) is 40.1 Å². The Morgan fingerprint density at radius 3 is 2.52 bits per heavy atom. The summed E-state index contributed by atoms with van der Waals surface area (Å²) in [5, 5.41) is 23.9. The number of para-hydroxylation sites is 1. The second kappa shape index (κ2) is 10.4. The van der Waals surface area contributed by atoms with Crippen molar-refractivity contribution in [1.29, 1.82) is 0 Å². The predicted octanol–water partition coefficient (Wildman–Crippen LogP) is 4.96. The molecule has 3 aromatic heterocycles. The highest BCUT2D eigenvalue weighted by Crippen LogP contribution is 2.34. The minimum absolute atomic E-state index is 0.00100. The van der Waals surface area contributed by atoms with Crippen molar-refractivity contribution in [3.05, 3.63) is 78.3 Å². The van der Waals surface area contributed by atoms with Crippen LogP contribution in [-0.2, 0) is 9.53 Å². The van der Waals surface area contributed by atoms with Crippen molar-refractivity contribution in [2.45, 2.75) is 25.7 Å². The molecule has 40 heavy (non-hydrogen) atoms. The minimum Gasteiger partial charge on any atom is -0.507 e. The van der Waals surface area contributed by atoms with Crippen LogP contribution in [0.1, 0.15) is 37.0 Å². The van der Waals surface area contributed by atoms with Gasteiger partial charge in [-0.1, -0.05) is 37.2 Å². The highest BCUT2D eigenvalue weighted by atomic mass is 16.5. The molecule has 1 fully saturated rings. The number of rotatable bonds is 7. The van der Waals surface area contributed by atoms with E-state index in [0.717, 1.165) is 24.0 Å². The molecule has 4 heterocycles. The zero-order valence-electron chi connectivity index (χ0n) is 22.4. The standard InChI is InChI=1S/C30H28N6O4/c1-17(2)28(29(38)39-3)27-12-24(35-40-27)20-13-31-30(32-14-20)36-15-21(16-36)18-8-9-23-19(10-18)11-25(34-33-23)22-6-4-5-7-26(22)37/h4-14,17,21,28,37H,15-16H2,1-3H3. The Morgan fingerprint density at radius 2 is 1.80 bits per heavy atom. The number of hydrogen-bond donors (Lipinski definition) is 1. The lowest BCUT2D eigenvalue weighted by molar-refractivity contribution is -0.144. The summed E-state index contributed by atoms with van der Waals surface area (Å²) in [5.41, 5.74) is 4.58. The average molecular weight is 537 g/mol. The highest BCUT2D eigenvalue weighted by molar-refractivity contribution is 5.83. The fourth-order valence-electron chi connectivity index (χ4n) is 5.02. The average Bonchev–Trinajstić information content (AvgIpc) is 3.42. The number of benzene rings is 2. The van der Waals surface area contributed by atoms with Crippen molar-refractivity contribution in [1.82, 2.24) is 25.3 Å². The van der Waals surface area contributed by atoms with Crippen LogP contribution in [-0.4, -0.2) is 56.6 Å². The summed E-state index contributed by atoms with van der Waals surface area (Å²) < 4.78 is 10.4. The van der Waals surface area contributed by atoms with E-state index in [9.17, 15) is 9.90 Å². The molecule has 1 atom stereocenters. The van der Waals surface area contributed by atoms with Crippen molar-refractivity contribution in [2.75, 3.05) is 25.1 Å². The molecule has 1 aliphatic heterocycles. The van der Waals surface area contributed by atoms with Gasteiger partial charge in [0, 0.05) is 54.0 Å². The van der Waals surface area contributed by atoms with E-state index in [-0.39, 0.29) is 17.6 Å². The SMILES string of the molecule is COC(=O)C(c1cc(-c2cnc(N3CC(c4ccc5nnc(-c6ccccc6O)cc5c4)C3)nc2)no1)C(C)C. The number of aromatic nitrogens is 5. The molecule has 1 saturated heterocycles. The number of phenolic OH excluding ortho intramolecular Hbond substituents is 1. The first-order valence-electron chi connectivity index (χ1n) is 13.1. The molecule has 0 saturated carbocycles. The van der Waals surface area contributed by atoms with Gasteiger partial charge in [0.2, 0.25) is 5.95 Å². The maximum absolute atomic E-state index is 12.2. The zero-order valence-corrected chi connectivity index (χ0v) is 22.4. The summed E-state index contributed by atoms with van der Waals surface area (Å²) in [6.45, 7) is 5.45. The number of carbonyl (C=O) groups excluding carboxylic acids is 1. The second-order valence-electron chi connectivity index (χ2n) is 10.3. The number of phenols is 1. The molecule has 0 spiro atoms. The summed E-state index contributed by atoms with van der Waals surface area (Å²) in [6.07, 6.45) is 3.43. The number of anilines is 1. The van der Waals surface area contributed by atoms with Crippen molar-refractivity contribution in [3.63, 3.8) is 0 Å². The summed E-state index contributed by atoms with van der Waals surface area (Å²) in [7, 11) is 1.37. The van der Waals surface area contributed by atoms with Crippen LogP contribution in [0.4, 0.5) is 5.95 Å². The van der Waals surface area contributed by atoms with Gasteiger partial charge >= 0.3 is 5.97 Å². The Morgan fingerprint density at radius 1 is 1.02 bits per heavy atom. The van der Waals surface area contributed by atoms with Crippen molar-refractivity contribution in [3.8, 4) is 28.3 Å². The monoisotopic (exact) mass is 536 g/mol. The number of nitrogens with zero attached hydrogens (tertiary/aromatic N) is 6. The molecule has 0 amide bonds. The van der Waals surface area contributed by atoms with E-state index in [2.05, 4.69) is 42.4 Å². The summed E-state index contributed by atoms with van der Waals surface area (Å²) in [5.74, 6) is 0.737. The summed E-state index contributed by atoms with van der Waals surface area (Å²) in [6, 6.07) is 17.0. The Labute approximate surface area is 230 Å². The maximum Gasteiger partial charge on any atom is 0.316 e. The smallest absolute Gasteiger partial charge is 0.316 e. The molecular weight excluding hydrogens is 508 g/mol. The number of esters is 1. The molecule has 2 aromatic carbocycles. The topological polar surface area (TPSA) is 127 Å². The lowest BCUT2D eigenvalue weighted by Crippen LogP contribution is -2.45. The highest BCUT2D eigenvalue weighted by Gasteiger charge is 2.31. The van der Waals surface area contributed by atoms with E-state index in [4.69, 9.17) is 9.26 Å². The van der Waals surface area contributed by atoms with Crippen LogP contribution in [0.15, 0.2) is 71.5 Å². The first-order valence-corrected chi connectivity index (χ1v) is 13.1. The van der Waals surface area contributed by atoms with Crippen LogP contribution < -0.4 is 4.90 Å². The van der Waals surface area contributed by atoms with Gasteiger partial charge in [0.15, 0.2) is 5.76 Å². The molecule has 1 unspecified atom stereocenters. The van der Waals surface area contributed by atoms with Gasteiger partial charge in [-0.05, 0) is 41.8 Å². The molecule has 5 aromatic rings. The van der Waals surface area contributed by atoms with Gasteiger partial charge in [0.05, 0.1) is 18.3 Å². The van der Waals surface area contributed by atoms with Gasteiger partial charge in [0.1, 0.15) is 17.4 Å². The number of ether oxygens (including phenoxy) is 1. The van der Waals surface area contributed by atoms with Gasteiger partial charge in [-0.2, -0.15) is 0 Å². The molecule has 10 nitrogen and oxygen atoms in total. The third kappa shape index (κ3) is 4.72. The van der Waals surface area contributed by atoms with Crippen LogP contribution >= 0.6 is 0 Å². The van der Waals surface area contributed by atoms with Crippen molar-refractivity contribution in [2.24, 2.45) is 5.92 Å². The molecule has 0 aliphatic carbocycles. The number of aromatic hydroxyl groups is 1. The largest absolute Gasteiger partial charge is 0.507 e. The van der Waals surface area contributed by atoms with Crippen molar-refractivity contribution < 1.29 is 19.2 Å². The minimum atomic E-state index is -0.524. The van der Waals surface area contributed by atoms with E-state index in [1.165, 1.54) is 12.7 Å². The fraction of sp³-hybridized carbons (Fsp3) is 0.267. The first kappa shape index (κ1) is 25.4. The van der Waals surface area contributed by atoms with Crippen LogP contribution in [0, 0.1) is 5.92 Å². The zero-order chi connectivity index (χ0) is 27.8. The molecule has 10 heteroatoms. The van der Waals surface area contributed by atoms with Gasteiger partial charge in [-0.3, -0.25) is 4.79 Å². The molecule has 6 rings (SSSR count). The second-order valence-corrected chi connectivity index (χ2v) is 10.3. The number of carbonyl (C=O) groups is 1. The fourth-order valence-corrected chi connectivity index (χ4v) is 5.02. The maximum atomic E-state index is 12.2. The molecular formula is C30H28N6O4. The number of hydrogen-bond acceptors (Lipinski definition) is 10. The Hall–Kier alpha value is -4.86. The predicted molar refractivity (Wildman–Crippen MR) is 149 cm³/mol. The third-order valence-corrected chi connectivity index (χ3v) is 7.32. The molecule has 0 radical (unpaired) electrons. The van der Waals surface area contributed by atoms with Gasteiger partial charge < -0.3 is 19.3 Å². The lowest BCUT2D eigenvalue weighted by atomic mass is 9.90. The third-order valence-electron chi connectivity index (χ3n) is 7.32. The molecule has 202 valence electrons. The summed E-state index contributed by atoms with van der Waals surface area (Å²) >= 11 is 0. The quantitative estimate of drug-likeness (QED) is 0.285. The molecule has 0 bridgehead atoms. The Balaban J connectivity index is 1.14. The number of methoxy groups -OCH3 is 1. The van der Waals surface area contributed by atoms with E-state index in [1.807, 2.05) is 38.1 Å². The Kier molecular flexibility index (Phi) is 6.59. The lowest BCUT2D eigenvalue weighted by Gasteiger charge is -2.39. The first-order chi connectivity index (χ1) is 19.4.